The van der Waals surface area contributed by atoms with E-state index in [1.807, 2.05) is 13.8 Å². The fourth-order valence-electron chi connectivity index (χ4n) is 1.87. The quantitative estimate of drug-likeness (QED) is 0.520. The fraction of sp³-hybridized carbons (Fsp3) is 0.222. The number of carbonyl (C=O) groups is 2. The Hall–Kier alpha value is -2.82. The Labute approximate surface area is 135 Å². The number of hydrogen-bond donors (Lipinski definition) is 1. The van der Waals surface area contributed by atoms with Crippen LogP contribution in [0.1, 0.15) is 39.6 Å². The van der Waals surface area contributed by atoms with Crippen LogP contribution >= 0.6 is 0 Å². The number of nitrogen functional groups attached to an aromatic ring is 1. The van der Waals surface area contributed by atoms with Gasteiger partial charge >= 0.3 is 11.9 Å². The van der Waals surface area contributed by atoms with Crippen molar-refractivity contribution in [1.29, 1.82) is 0 Å². The highest BCUT2D eigenvalue weighted by molar-refractivity contribution is 5.92. The number of carbonyl (C=O) groups excluding carboxylic acids is 2. The maximum atomic E-state index is 12.1. The van der Waals surface area contributed by atoms with Crippen LogP contribution in [0.2, 0.25) is 0 Å². The minimum absolute atomic E-state index is 0.348. The molecule has 0 fully saturated rings. The van der Waals surface area contributed by atoms with E-state index in [9.17, 15) is 9.59 Å². The number of rotatable bonds is 5. The first-order chi connectivity index (χ1) is 11.0. The minimum atomic E-state index is -0.502. The highest BCUT2D eigenvalue weighted by Gasteiger charge is 2.11. The summed E-state index contributed by atoms with van der Waals surface area (Å²) < 4.78 is 10.3. The molecule has 2 aromatic rings. The van der Waals surface area contributed by atoms with Crippen LogP contribution in [0.3, 0.4) is 0 Å². The van der Waals surface area contributed by atoms with Gasteiger partial charge in [0.25, 0.3) is 0 Å². The number of nitrogens with two attached hydrogens (primary N) is 1. The molecule has 0 aliphatic carbocycles. The van der Waals surface area contributed by atoms with Gasteiger partial charge < -0.3 is 15.2 Å². The molecule has 120 valence electrons. The lowest BCUT2D eigenvalue weighted by atomic mass is 10.1. The normalized spacial score (nSPS) is 10.2. The third kappa shape index (κ3) is 4.32. The average molecular weight is 313 g/mol. The Morgan fingerprint density at radius 1 is 1.00 bits per heavy atom. The van der Waals surface area contributed by atoms with Gasteiger partial charge in [0, 0.05) is 5.69 Å². The summed E-state index contributed by atoms with van der Waals surface area (Å²) in [5.74, 6) is -0.546. The Morgan fingerprint density at radius 3 is 2.26 bits per heavy atom. The van der Waals surface area contributed by atoms with Gasteiger partial charge in [0.1, 0.15) is 5.75 Å². The molecule has 2 N–H and O–H groups in total. The minimum Gasteiger partial charge on any atom is -0.462 e. The van der Waals surface area contributed by atoms with Crippen LogP contribution in [0.15, 0.2) is 42.5 Å². The van der Waals surface area contributed by atoms with Crippen molar-refractivity contribution in [3.63, 3.8) is 0 Å². The SMILES string of the molecule is CCCOC(=O)c1ccc(OC(=O)c2ccc(C)c(N)c2)cc1. The molecule has 0 atom stereocenters. The van der Waals surface area contributed by atoms with Gasteiger partial charge in [0.15, 0.2) is 0 Å². The molecule has 0 bridgehead atoms. The van der Waals surface area contributed by atoms with Crippen molar-refractivity contribution in [2.75, 3.05) is 12.3 Å². The highest BCUT2D eigenvalue weighted by atomic mass is 16.5. The molecule has 0 aliphatic heterocycles. The molecule has 0 saturated heterocycles. The molecular weight excluding hydrogens is 294 g/mol. The second-order valence-corrected chi connectivity index (χ2v) is 5.12. The van der Waals surface area contributed by atoms with Crippen molar-refractivity contribution in [3.8, 4) is 5.75 Å². The summed E-state index contributed by atoms with van der Waals surface area (Å²) in [5, 5.41) is 0. The van der Waals surface area contributed by atoms with Gasteiger partial charge in [-0.2, -0.15) is 0 Å². The van der Waals surface area contributed by atoms with Crippen molar-refractivity contribution in [2.24, 2.45) is 0 Å². The van der Waals surface area contributed by atoms with E-state index in [1.165, 1.54) is 0 Å². The number of ether oxygens (including phenoxy) is 2. The number of aryl methyl sites for hydroxylation is 1. The molecule has 0 aromatic heterocycles. The van der Waals surface area contributed by atoms with Crippen molar-refractivity contribution < 1.29 is 19.1 Å². The molecule has 0 saturated carbocycles. The zero-order chi connectivity index (χ0) is 16.8. The molecule has 23 heavy (non-hydrogen) atoms. The van der Waals surface area contributed by atoms with Crippen LogP contribution in [-0.2, 0) is 4.74 Å². The zero-order valence-electron chi connectivity index (χ0n) is 13.2. The number of benzene rings is 2. The Kier molecular flexibility index (Phi) is 5.36. The summed E-state index contributed by atoms with van der Waals surface area (Å²) in [6, 6.07) is 11.2. The highest BCUT2D eigenvalue weighted by Crippen LogP contribution is 2.17. The first-order valence-corrected chi connectivity index (χ1v) is 7.36. The molecule has 0 aliphatic rings. The Balaban J connectivity index is 2.04. The molecule has 0 radical (unpaired) electrons. The molecule has 2 rings (SSSR count). The van der Waals surface area contributed by atoms with Crippen LogP contribution in [0.5, 0.6) is 5.75 Å². The first-order valence-electron chi connectivity index (χ1n) is 7.36. The predicted octanol–water partition coefficient (Wildman–Crippen LogP) is 3.36. The molecular formula is C18H19NO4. The third-order valence-corrected chi connectivity index (χ3v) is 3.25. The predicted molar refractivity (Wildman–Crippen MR) is 87.6 cm³/mol. The Bertz CT molecular complexity index is 707. The first kappa shape index (κ1) is 16.5. The monoisotopic (exact) mass is 313 g/mol. The molecule has 0 amide bonds. The van der Waals surface area contributed by atoms with Crippen molar-refractivity contribution in [2.45, 2.75) is 20.3 Å². The average Bonchev–Trinajstić information content (AvgIpc) is 2.55. The molecule has 0 spiro atoms. The second kappa shape index (κ2) is 7.45. The summed E-state index contributed by atoms with van der Waals surface area (Å²) in [4.78, 5) is 23.8. The van der Waals surface area contributed by atoms with Gasteiger partial charge in [0.2, 0.25) is 0 Å². The molecule has 2 aromatic carbocycles. The van der Waals surface area contributed by atoms with E-state index in [2.05, 4.69) is 0 Å². The van der Waals surface area contributed by atoms with Gasteiger partial charge in [-0.15, -0.1) is 0 Å². The van der Waals surface area contributed by atoms with Gasteiger partial charge in [0.05, 0.1) is 17.7 Å². The largest absolute Gasteiger partial charge is 0.462 e. The van der Waals surface area contributed by atoms with Gasteiger partial charge in [-0.1, -0.05) is 13.0 Å². The zero-order valence-corrected chi connectivity index (χ0v) is 13.2. The van der Waals surface area contributed by atoms with E-state index in [0.717, 1.165) is 12.0 Å². The smallest absolute Gasteiger partial charge is 0.343 e. The lowest BCUT2D eigenvalue weighted by Crippen LogP contribution is -2.10. The maximum Gasteiger partial charge on any atom is 0.343 e. The van der Waals surface area contributed by atoms with Crippen molar-refractivity contribution >= 4 is 17.6 Å². The van der Waals surface area contributed by atoms with Crippen molar-refractivity contribution in [3.05, 3.63) is 59.2 Å². The van der Waals surface area contributed by atoms with E-state index in [1.54, 1.807) is 42.5 Å². The van der Waals surface area contributed by atoms with E-state index in [4.69, 9.17) is 15.2 Å². The molecule has 0 heterocycles. The van der Waals surface area contributed by atoms with Crippen LogP contribution < -0.4 is 10.5 Å². The van der Waals surface area contributed by atoms with Crippen LogP contribution in [0.4, 0.5) is 5.69 Å². The summed E-state index contributed by atoms with van der Waals surface area (Å²) in [6.07, 6.45) is 0.765. The number of hydrogen-bond acceptors (Lipinski definition) is 5. The second-order valence-electron chi connectivity index (χ2n) is 5.12. The van der Waals surface area contributed by atoms with Gasteiger partial charge in [-0.3, -0.25) is 0 Å². The van der Waals surface area contributed by atoms with Crippen LogP contribution in [0.25, 0.3) is 0 Å². The third-order valence-electron chi connectivity index (χ3n) is 3.25. The lowest BCUT2D eigenvalue weighted by Gasteiger charge is -2.07. The number of anilines is 1. The summed E-state index contributed by atoms with van der Waals surface area (Å²) in [7, 11) is 0. The molecule has 5 nitrogen and oxygen atoms in total. The topological polar surface area (TPSA) is 78.6 Å². The van der Waals surface area contributed by atoms with E-state index >= 15 is 0 Å². The maximum absolute atomic E-state index is 12.1. The van der Waals surface area contributed by atoms with Crippen LogP contribution in [-0.4, -0.2) is 18.5 Å². The van der Waals surface area contributed by atoms with E-state index < -0.39 is 11.9 Å². The molecule has 5 heteroatoms. The van der Waals surface area contributed by atoms with E-state index in [0.29, 0.717) is 29.2 Å². The Morgan fingerprint density at radius 2 is 1.65 bits per heavy atom. The van der Waals surface area contributed by atoms with Gasteiger partial charge in [-0.25, -0.2) is 9.59 Å². The summed E-state index contributed by atoms with van der Waals surface area (Å²) in [5.41, 5.74) is 8.01. The van der Waals surface area contributed by atoms with Crippen LogP contribution in [0, 0.1) is 6.92 Å². The molecule has 0 unspecified atom stereocenters. The van der Waals surface area contributed by atoms with Gasteiger partial charge in [-0.05, 0) is 55.3 Å². The number of esters is 2. The van der Waals surface area contributed by atoms with E-state index in [-0.39, 0.29) is 0 Å². The fourth-order valence-corrected chi connectivity index (χ4v) is 1.87. The van der Waals surface area contributed by atoms with Crippen molar-refractivity contribution in [1.82, 2.24) is 0 Å². The lowest BCUT2D eigenvalue weighted by molar-refractivity contribution is 0.0505. The summed E-state index contributed by atoms with van der Waals surface area (Å²) in [6.45, 7) is 4.17. The summed E-state index contributed by atoms with van der Waals surface area (Å²) >= 11 is 0. The standard InChI is InChI=1S/C18H19NO4/c1-3-10-22-17(20)13-6-8-15(9-7-13)23-18(21)14-5-4-12(2)16(19)11-14/h4-9,11H,3,10,19H2,1-2H3.